The van der Waals surface area contributed by atoms with Gasteiger partial charge in [-0.3, -0.25) is 9.69 Å². The van der Waals surface area contributed by atoms with E-state index in [1.54, 1.807) is 13.0 Å². The fraction of sp³-hybridized carbons (Fsp3) is 0.375. The number of carbonyl (C=O) groups excluding carboxylic acids is 1. The summed E-state index contributed by atoms with van der Waals surface area (Å²) in [5.41, 5.74) is 2.17. The van der Waals surface area contributed by atoms with E-state index < -0.39 is 0 Å². The molecular weight excluding hydrogens is 403 g/mol. The van der Waals surface area contributed by atoms with Crippen LogP contribution in [0, 0.1) is 12.7 Å². The molecule has 0 saturated carbocycles. The van der Waals surface area contributed by atoms with Gasteiger partial charge in [0.25, 0.3) is 5.91 Å². The van der Waals surface area contributed by atoms with E-state index in [4.69, 9.17) is 16.0 Å². The molecule has 0 spiro atoms. The minimum Gasteiger partial charge on any atom is -0.451 e. The Morgan fingerprint density at radius 3 is 2.63 bits per heavy atom. The van der Waals surface area contributed by atoms with E-state index in [2.05, 4.69) is 10.2 Å². The highest BCUT2D eigenvalue weighted by Crippen LogP contribution is 2.30. The standard InChI is InChI=1S/C24H26ClFN2O2/c1-16-19-14-17(26)10-11-22(19)30-23(16)24(29)27-15-21(18-8-4-5-9-20(18)25)28-12-6-2-3-7-13-28/h4-5,8-11,14,21H,2-3,6-7,12-13,15H2,1H3,(H,27,29)/t21-/m1/s1. The van der Waals surface area contributed by atoms with E-state index in [0.717, 1.165) is 31.5 Å². The largest absolute Gasteiger partial charge is 0.451 e. The van der Waals surface area contributed by atoms with Gasteiger partial charge in [0.1, 0.15) is 11.4 Å². The van der Waals surface area contributed by atoms with E-state index >= 15 is 0 Å². The van der Waals surface area contributed by atoms with Gasteiger partial charge < -0.3 is 9.73 Å². The molecular formula is C24H26ClFN2O2. The second-order valence-electron chi connectivity index (χ2n) is 7.89. The maximum absolute atomic E-state index is 13.6. The van der Waals surface area contributed by atoms with Crippen LogP contribution in [0.5, 0.6) is 0 Å². The molecule has 3 aromatic rings. The van der Waals surface area contributed by atoms with Crippen molar-refractivity contribution in [3.05, 3.63) is 70.2 Å². The fourth-order valence-electron chi connectivity index (χ4n) is 4.27. The molecule has 1 aliphatic rings. The zero-order valence-electron chi connectivity index (χ0n) is 17.1. The van der Waals surface area contributed by atoms with E-state index in [0.29, 0.717) is 28.1 Å². The molecule has 158 valence electrons. The predicted octanol–water partition coefficient (Wildman–Crippen LogP) is 5.88. The van der Waals surface area contributed by atoms with Gasteiger partial charge in [-0.15, -0.1) is 0 Å². The highest BCUT2D eigenvalue weighted by atomic mass is 35.5. The van der Waals surface area contributed by atoms with E-state index in [1.807, 2.05) is 24.3 Å². The lowest BCUT2D eigenvalue weighted by Gasteiger charge is -2.31. The molecule has 2 aromatic carbocycles. The quantitative estimate of drug-likeness (QED) is 0.551. The summed E-state index contributed by atoms with van der Waals surface area (Å²) in [5, 5.41) is 4.36. The summed E-state index contributed by atoms with van der Waals surface area (Å²) in [6.07, 6.45) is 4.74. The van der Waals surface area contributed by atoms with Gasteiger partial charge in [0.15, 0.2) is 5.76 Å². The molecule has 2 heterocycles. The molecule has 0 aliphatic carbocycles. The molecule has 1 N–H and O–H groups in total. The van der Waals surface area contributed by atoms with Crippen LogP contribution in [0.4, 0.5) is 4.39 Å². The van der Waals surface area contributed by atoms with Gasteiger partial charge in [-0.05, 0) is 62.7 Å². The Hall–Kier alpha value is -2.37. The van der Waals surface area contributed by atoms with Gasteiger partial charge in [-0.1, -0.05) is 42.6 Å². The Morgan fingerprint density at radius 1 is 1.17 bits per heavy atom. The molecule has 1 fully saturated rings. The highest BCUT2D eigenvalue weighted by Gasteiger charge is 2.25. The lowest BCUT2D eigenvalue weighted by molar-refractivity contribution is 0.0907. The summed E-state index contributed by atoms with van der Waals surface area (Å²) in [5.74, 6) is -0.418. The van der Waals surface area contributed by atoms with Crippen molar-refractivity contribution in [2.45, 2.75) is 38.6 Å². The molecule has 1 atom stereocenters. The second kappa shape index (κ2) is 9.19. The minimum atomic E-state index is -0.349. The molecule has 1 amide bonds. The van der Waals surface area contributed by atoms with Gasteiger partial charge in [0, 0.05) is 22.5 Å². The average Bonchev–Trinajstić information content (AvgIpc) is 2.91. The molecule has 1 aromatic heterocycles. The first-order chi connectivity index (χ1) is 14.5. The number of carbonyl (C=O) groups is 1. The van der Waals surface area contributed by atoms with Crippen molar-refractivity contribution in [3.8, 4) is 0 Å². The summed E-state index contributed by atoms with van der Waals surface area (Å²) < 4.78 is 19.3. The van der Waals surface area contributed by atoms with Crippen molar-refractivity contribution < 1.29 is 13.6 Å². The van der Waals surface area contributed by atoms with Crippen LogP contribution in [0.15, 0.2) is 46.9 Å². The number of rotatable bonds is 5. The zero-order chi connectivity index (χ0) is 21.1. The number of hydrogen-bond donors (Lipinski definition) is 1. The van der Waals surface area contributed by atoms with E-state index in [9.17, 15) is 9.18 Å². The molecule has 1 aliphatic heterocycles. The first kappa shape index (κ1) is 20.9. The van der Waals surface area contributed by atoms with Crippen LogP contribution >= 0.6 is 11.6 Å². The highest BCUT2D eigenvalue weighted by molar-refractivity contribution is 6.31. The third kappa shape index (κ3) is 4.37. The van der Waals surface area contributed by atoms with Crippen LogP contribution in [0.1, 0.15) is 53.4 Å². The number of furan rings is 1. The number of nitrogens with zero attached hydrogens (tertiary/aromatic N) is 1. The fourth-order valence-corrected chi connectivity index (χ4v) is 4.53. The lowest BCUT2D eigenvalue weighted by atomic mass is 10.0. The van der Waals surface area contributed by atoms with Crippen LogP contribution in [-0.2, 0) is 0 Å². The maximum Gasteiger partial charge on any atom is 0.287 e. The van der Waals surface area contributed by atoms with E-state index in [1.165, 1.54) is 25.0 Å². The molecule has 0 radical (unpaired) electrons. The van der Waals surface area contributed by atoms with Crippen LogP contribution in [0.2, 0.25) is 5.02 Å². The molecule has 0 bridgehead atoms. The molecule has 6 heteroatoms. The Morgan fingerprint density at radius 2 is 1.90 bits per heavy atom. The van der Waals surface area contributed by atoms with Crippen molar-refractivity contribution in [1.29, 1.82) is 0 Å². The zero-order valence-corrected chi connectivity index (χ0v) is 17.8. The van der Waals surface area contributed by atoms with Crippen LogP contribution in [0.3, 0.4) is 0 Å². The van der Waals surface area contributed by atoms with Crippen LogP contribution < -0.4 is 5.32 Å². The number of hydrogen-bond acceptors (Lipinski definition) is 3. The molecule has 0 unspecified atom stereocenters. The van der Waals surface area contributed by atoms with Crippen LogP contribution in [-0.4, -0.2) is 30.4 Å². The third-order valence-corrected chi connectivity index (χ3v) is 6.25. The topological polar surface area (TPSA) is 45.5 Å². The number of nitrogens with one attached hydrogen (secondary N) is 1. The van der Waals surface area contributed by atoms with Gasteiger partial charge in [0.05, 0.1) is 6.04 Å². The van der Waals surface area contributed by atoms with Crippen LogP contribution in [0.25, 0.3) is 11.0 Å². The normalized spacial score (nSPS) is 16.4. The van der Waals surface area contributed by atoms with E-state index in [-0.39, 0.29) is 23.5 Å². The van der Waals surface area contributed by atoms with Gasteiger partial charge >= 0.3 is 0 Å². The summed E-state index contributed by atoms with van der Waals surface area (Å²) >= 11 is 6.51. The van der Waals surface area contributed by atoms with Crippen molar-refractivity contribution in [2.75, 3.05) is 19.6 Å². The first-order valence-corrected chi connectivity index (χ1v) is 10.9. The van der Waals surface area contributed by atoms with Gasteiger partial charge in [-0.2, -0.15) is 0 Å². The molecule has 30 heavy (non-hydrogen) atoms. The average molecular weight is 429 g/mol. The summed E-state index contributed by atoms with van der Waals surface area (Å²) in [7, 11) is 0. The Balaban J connectivity index is 1.57. The third-order valence-electron chi connectivity index (χ3n) is 5.91. The molecule has 4 rings (SSSR count). The number of likely N-dealkylation sites (tertiary alicyclic amines) is 1. The molecule has 1 saturated heterocycles. The summed E-state index contributed by atoms with van der Waals surface area (Å²) in [6.45, 7) is 4.16. The second-order valence-corrected chi connectivity index (χ2v) is 8.30. The maximum atomic E-state index is 13.6. The number of amides is 1. The SMILES string of the molecule is Cc1c(C(=O)NC[C@H](c2ccccc2Cl)N2CCCCCC2)oc2ccc(F)cc12. The number of fused-ring (bicyclic) bond motifs is 1. The van der Waals surface area contributed by atoms with Crippen molar-refractivity contribution in [2.24, 2.45) is 0 Å². The Bertz CT molecular complexity index is 1040. The Kier molecular flexibility index (Phi) is 6.40. The van der Waals surface area contributed by atoms with Gasteiger partial charge in [-0.25, -0.2) is 4.39 Å². The monoisotopic (exact) mass is 428 g/mol. The van der Waals surface area contributed by atoms with Crippen molar-refractivity contribution in [3.63, 3.8) is 0 Å². The minimum absolute atomic E-state index is 0.0112. The lowest BCUT2D eigenvalue weighted by Crippen LogP contribution is -2.39. The number of benzene rings is 2. The number of aryl methyl sites for hydroxylation is 1. The predicted molar refractivity (Wildman–Crippen MR) is 117 cm³/mol. The molecule has 4 nitrogen and oxygen atoms in total. The Labute approximate surface area is 181 Å². The van der Waals surface area contributed by atoms with Crippen molar-refractivity contribution >= 4 is 28.5 Å². The number of halogens is 2. The first-order valence-electron chi connectivity index (χ1n) is 10.5. The summed E-state index contributed by atoms with van der Waals surface area (Å²) in [4.78, 5) is 15.4. The summed E-state index contributed by atoms with van der Waals surface area (Å²) in [6, 6.07) is 12.1. The van der Waals surface area contributed by atoms with Gasteiger partial charge in [0.2, 0.25) is 0 Å². The smallest absolute Gasteiger partial charge is 0.287 e. The van der Waals surface area contributed by atoms with Crippen molar-refractivity contribution in [1.82, 2.24) is 10.2 Å².